The number of amides is 11. The summed E-state index contributed by atoms with van der Waals surface area (Å²) in [6, 6.07) is -7.49. The van der Waals surface area contributed by atoms with E-state index >= 15 is 0 Å². The zero-order valence-electron chi connectivity index (χ0n) is 48.8. The number of likely N-dealkylation sites (tertiary alicyclic amines) is 1. The van der Waals surface area contributed by atoms with Crippen molar-refractivity contribution >= 4 is 65.0 Å². The van der Waals surface area contributed by atoms with Gasteiger partial charge in [0.1, 0.15) is 52.9 Å². The average molecular weight is 1090 g/mol. The summed E-state index contributed by atoms with van der Waals surface area (Å²) in [7, 11) is 0. The normalized spacial score (nSPS) is 17.7. The molecule has 0 saturated carbocycles. The maximum atomic E-state index is 14.3. The SMILES string of the molecule is CCC(C)C(NC(=O)C(C)NC(=O)C(C)(C)NC(=O)C(CC(C)C)NC(C)=O)C(=O)NC(C)(C)C(=O)N1CCCC1C(=O)NC(CC(C)C)C(=O)NC(C)(CC)C(=O)NCC(=O)NC(C(=O)NC(CO)CC(C)C)C(C)O. The van der Waals surface area contributed by atoms with Crippen molar-refractivity contribution in [2.75, 3.05) is 19.7 Å². The molecule has 1 aliphatic rings. The first kappa shape index (κ1) is 69.1. The molecule has 440 valence electrons. The van der Waals surface area contributed by atoms with Crippen LogP contribution in [0.25, 0.3) is 0 Å². The predicted molar refractivity (Wildman–Crippen MR) is 289 cm³/mol. The number of aliphatic hydroxyl groups is 2. The van der Waals surface area contributed by atoms with Crippen molar-refractivity contribution in [1.29, 1.82) is 0 Å². The zero-order valence-corrected chi connectivity index (χ0v) is 48.8. The Hall–Kier alpha value is -5.91. The van der Waals surface area contributed by atoms with E-state index in [-0.39, 0.29) is 50.2 Å². The fourth-order valence-electron chi connectivity index (χ4n) is 8.56. The van der Waals surface area contributed by atoms with Crippen LogP contribution in [0.5, 0.6) is 0 Å². The lowest BCUT2D eigenvalue weighted by Crippen LogP contribution is -2.64. The number of nitrogens with zero attached hydrogens (tertiary/aromatic N) is 1. The van der Waals surface area contributed by atoms with E-state index in [1.807, 2.05) is 41.5 Å². The van der Waals surface area contributed by atoms with Crippen molar-refractivity contribution in [2.45, 2.75) is 228 Å². The molecular weight excluding hydrogens is 999 g/mol. The van der Waals surface area contributed by atoms with Crippen molar-refractivity contribution in [1.82, 2.24) is 58.1 Å². The molecule has 1 heterocycles. The summed E-state index contributed by atoms with van der Waals surface area (Å²) < 4.78 is 0. The summed E-state index contributed by atoms with van der Waals surface area (Å²) in [6.45, 7) is 26.8. The summed E-state index contributed by atoms with van der Waals surface area (Å²) >= 11 is 0. The Labute approximate surface area is 455 Å². The number of hydrogen-bond acceptors (Lipinski definition) is 13. The van der Waals surface area contributed by atoms with E-state index < -0.39 is 142 Å². The van der Waals surface area contributed by atoms with Gasteiger partial charge in [-0.1, -0.05) is 68.7 Å². The third kappa shape index (κ3) is 22.2. The van der Waals surface area contributed by atoms with Gasteiger partial charge in [-0.15, -0.1) is 0 Å². The molecule has 0 spiro atoms. The van der Waals surface area contributed by atoms with Gasteiger partial charge in [0, 0.05) is 13.5 Å². The number of rotatable bonds is 31. The molecule has 11 amide bonds. The van der Waals surface area contributed by atoms with Crippen LogP contribution in [0.2, 0.25) is 0 Å². The summed E-state index contributed by atoms with van der Waals surface area (Å²) in [5.74, 6) is -7.77. The number of nitrogens with one attached hydrogen (secondary N) is 10. The van der Waals surface area contributed by atoms with Crippen LogP contribution < -0.4 is 53.2 Å². The van der Waals surface area contributed by atoms with E-state index in [1.165, 1.54) is 60.3 Å². The molecule has 24 heteroatoms. The summed E-state index contributed by atoms with van der Waals surface area (Å²) in [4.78, 5) is 149. The molecule has 1 rings (SSSR count). The minimum absolute atomic E-state index is 0.0503. The predicted octanol–water partition coefficient (Wildman–Crippen LogP) is -0.326. The maximum Gasteiger partial charge on any atom is 0.248 e. The maximum absolute atomic E-state index is 14.3. The number of carbonyl (C=O) groups is 11. The molecule has 0 bridgehead atoms. The van der Waals surface area contributed by atoms with Crippen LogP contribution in [-0.4, -0.2) is 165 Å². The monoisotopic (exact) mass is 1090 g/mol. The van der Waals surface area contributed by atoms with Crippen molar-refractivity contribution in [3.05, 3.63) is 0 Å². The fourth-order valence-corrected chi connectivity index (χ4v) is 8.56. The molecule has 0 radical (unpaired) electrons. The first-order valence-electron chi connectivity index (χ1n) is 27.1. The molecule has 10 unspecified atom stereocenters. The Morgan fingerprint density at radius 1 is 0.597 bits per heavy atom. The molecule has 0 aromatic rings. The standard InChI is InChI=1S/C53H95N11O13/c1-18-31(9)40(60-42(69)32(10)55-48(75)51(13,14)61-43(70)36(24-29(5)6)56-34(12)67)47(74)62-52(15,16)50(77)64-22-20-21-38(64)45(72)58-37(25-30(7)8)44(71)63-53(17,19-2)49(76)54-26-39(68)59-41(33(11)66)46(73)57-35(27-65)23-28(3)4/h28-33,35-38,40-41,65-66H,18-27H2,1-17H3,(H,54,76)(H,55,75)(H,56,67)(H,57,73)(H,58,72)(H,59,68)(H,60,69)(H,61,70)(H,62,74)(H,63,71). The third-order valence-corrected chi connectivity index (χ3v) is 13.5. The quantitative estimate of drug-likeness (QED) is 0.0424. The highest BCUT2D eigenvalue weighted by Crippen LogP contribution is 2.24. The van der Waals surface area contributed by atoms with Crippen LogP contribution in [0.1, 0.15) is 163 Å². The van der Waals surface area contributed by atoms with Crippen molar-refractivity contribution < 1.29 is 63.0 Å². The van der Waals surface area contributed by atoms with Gasteiger partial charge in [-0.05, 0) is 111 Å². The molecule has 24 nitrogen and oxygen atoms in total. The zero-order chi connectivity index (χ0) is 59.5. The van der Waals surface area contributed by atoms with E-state index in [0.717, 1.165) is 0 Å². The molecule has 0 aromatic heterocycles. The van der Waals surface area contributed by atoms with Gasteiger partial charge in [-0.2, -0.15) is 0 Å². The molecule has 10 atom stereocenters. The van der Waals surface area contributed by atoms with E-state index in [0.29, 0.717) is 25.7 Å². The van der Waals surface area contributed by atoms with Crippen molar-refractivity contribution in [2.24, 2.45) is 23.7 Å². The van der Waals surface area contributed by atoms with Gasteiger partial charge in [0.05, 0.1) is 25.3 Å². The largest absolute Gasteiger partial charge is 0.394 e. The van der Waals surface area contributed by atoms with Crippen LogP contribution in [-0.2, 0) is 52.7 Å². The van der Waals surface area contributed by atoms with Crippen LogP contribution in [0.3, 0.4) is 0 Å². The van der Waals surface area contributed by atoms with Gasteiger partial charge >= 0.3 is 0 Å². The first-order valence-corrected chi connectivity index (χ1v) is 27.1. The topological polar surface area (TPSA) is 352 Å². The molecular formula is C53H95N11O13. The van der Waals surface area contributed by atoms with Gasteiger partial charge in [0.25, 0.3) is 0 Å². The van der Waals surface area contributed by atoms with E-state index in [1.54, 1.807) is 20.8 Å². The second-order valence-electron chi connectivity index (χ2n) is 23.2. The fraction of sp³-hybridized carbons (Fsp3) is 0.792. The van der Waals surface area contributed by atoms with E-state index in [2.05, 4.69) is 53.2 Å². The van der Waals surface area contributed by atoms with Gasteiger partial charge in [0.2, 0.25) is 65.0 Å². The number of carbonyl (C=O) groups excluding carboxylic acids is 11. The minimum atomic E-state index is -1.62. The van der Waals surface area contributed by atoms with Crippen LogP contribution in [0.4, 0.5) is 0 Å². The Morgan fingerprint density at radius 2 is 1.13 bits per heavy atom. The smallest absolute Gasteiger partial charge is 0.248 e. The molecule has 1 fully saturated rings. The van der Waals surface area contributed by atoms with Crippen LogP contribution in [0, 0.1) is 23.7 Å². The van der Waals surface area contributed by atoms with Crippen molar-refractivity contribution in [3.63, 3.8) is 0 Å². The lowest BCUT2D eigenvalue weighted by atomic mass is 9.95. The molecule has 0 aliphatic carbocycles. The van der Waals surface area contributed by atoms with Gasteiger partial charge in [0.15, 0.2) is 0 Å². The lowest BCUT2D eigenvalue weighted by molar-refractivity contribution is -0.146. The highest BCUT2D eigenvalue weighted by molar-refractivity contribution is 6.00. The van der Waals surface area contributed by atoms with Crippen molar-refractivity contribution in [3.8, 4) is 0 Å². The number of aliphatic hydroxyl groups excluding tert-OH is 2. The lowest BCUT2D eigenvalue weighted by Gasteiger charge is -2.36. The summed E-state index contributed by atoms with van der Waals surface area (Å²) in [6.07, 6.45) is 0.716. The Balaban J connectivity index is 3.15. The first-order chi connectivity index (χ1) is 35.5. The highest BCUT2D eigenvalue weighted by atomic mass is 16.3. The molecule has 12 N–H and O–H groups in total. The Morgan fingerprint density at radius 3 is 1.62 bits per heavy atom. The second kappa shape index (κ2) is 30.9. The molecule has 1 saturated heterocycles. The third-order valence-electron chi connectivity index (χ3n) is 13.5. The van der Waals surface area contributed by atoms with E-state index in [9.17, 15) is 63.0 Å². The highest BCUT2D eigenvalue weighted by Gasteiger charge is 2.45. The summed E-state index contributed by atoms with van der Waals surface area (Å²) in [5, 5.41) is 46.2. The van der Waals surface area contributed by atoms with E-state index in [4.69, 9.17) is 0 Å². The van der Waals surface area contributed by atoms with Crippen LogP contribution in [0.15, 0.2) is 0 Å². The molecule has 77 heavy (non-hydrogen) atoms. The minimum Gasteiger partial charge on any atom is -0.394 e. The Bertz CT molecular complexity index is 2080. The number of hydrogen-bond donors (Lipinski definition) is 12. The summed E-state index contributed by atoms with van der Waals surface area (Å²) in [5.41, 5.74) is -4.73. The van der Waals surface area contributed by atoms with Gasteiger partial charge in [-0.25, -0.2) is 0 Å². The van der Waals surface area contributed by atoms with Crippen LogP contribution >= 0.6 is 0 Å². The average Bonchev–Trinajstić information content (AvgIpc) is 3.82. The second-order valence-corrected chi connectivity index (χ2v) is 23.2. The van der Waals surface area contributed by atoms with Gasteiger partial charge in [-0.3, -0.25) is 52.7 Å². The van der Waals surface area contributed by atoms with Gasteiger partial charge < -0.3 is 68.3 Å². The molecule has 1 aliphatic heterocycles. The Kier molecular flexibility index (Phi) is 27.7. The molecule has 0 aromatic carbocycles.